The summed E-state index contributed by atoms with van der Waals surface area (Å²) in [5, 5.41) is 3.33. The molecule has 1 amide bonds. The van der Waals surface area contributed by atoms with Crippen molar-refractivity contribution in [2.45, 2.75) is 46.0 Å². The van der Waals surface area contributed by atoms with Crippen molar-refractivity contribution in [2.24, 2.45) is 16.6 Å². The fraction of sp³-hybridized carbons (Fsp3) is 0.889. The molecule has 1 aliphatic rings. The fourth-order valence-electron chi connectivity index (χ4n) is 2.92. The van der Waals surface area contributed by atoms with Crippen molar-refractivity contribution in [1.82, 2.24) is 10.2 Å². The molecule has 0 aromatic rings. The molecule has 1 heterocycles. The highest BCUT2D eigenvalue weighted by Crippen LogP contribution is 2.19. The number of hydrogen-bond donors (Lipinski definition) is 2. The number of hydrogen-bond acceptors (Lipinski definition) is 4. The van der Waals surface area contributed by atoms with Gasteiger partial charge in [-0.25, -0.2) is 0 Å². The molecule has 1 aliphatic heterocycles. The number of likely N-dealkylation sites (tertiary alicyclic amines) is 1. The number of primary amides is 1. The maximum Gasteiger partial charge on any atom is 0.217 e. The molecule has 154 valence electrons. The zero-order valence-electron chi connectivity index (χ0n) is 16.4. The molecule has 0 bridgehead atoms. The maximum atomic E-state index is 11.2. The number of unbranched alkanes of at least 4 members (excludes halogenated alkanes) is 1. The third kappa shape index (κ3) is 11.9. The van der Waals surface area contributed by atoms with Crippen LogP contribution in [0.2, 0.25) is 0 Å². The number of ether oxygens (including phenoxy) is 2. The lowest BCUT2D eigenvalue weighted by molar-refractivity contribution is -0.119. The van der Waals surface area contributed by atoms with Crippen LogP contribution in [0.5, 0.6) is 0 Å². The number of halogens is 1. The molecule has 0 saturated carbocycles. The van der Waals surface area contributed by atoms with Gasteiger partial charge in [-0.15, -0.1) is 24.0 Å². The van der Waals surface area contributed by atoms with Crippen LogP contribution in [0.4, 0.5) is 0 Å². The summed E-state index contributed by atoms with van der Waals surface area (Å²) in [7, 11) is 0. The largest absolute Gasteiger partial charge is 0.379 e. The fourth-order valence-corrected chi connectivity index (χ4v) is 2.92. The van der Waals surface area contributed by atoms with E-state index in [0.29, 0.717) is 38.7 Å². The molecule has 7 nitrogen and oxygen atoms in total. The van der Waals surface area contributed by atoms with Crippen LogP contribution in [-0.2, 0) is 14.3 Å². The predicted octanol–water partition coefficient (Wildman–Crippen LogP) is 1.99. The van der Waals surface area contributed by atoms with Crippen LogP contribution in [0.15, 0.2) is 4.99 Å². The molecule has 0 aromatic carbocycles. The molecule has 1 fully saturated rings. The summed E-state index contributed by atoms with van der Waals surface area (Å²) in [4.78, 5) is 18.0. The number of guanidine groups is 1. The molecular formula is C18H37IN4O3. The van der Waals surface area contributed by atoms with E-state index in [4.69, 9.17) is 15.2 Å². The zero-order chi connectivity index (χ0) is 18.3. The monoisotopic (exact) mass is 484 g/mol. The highest BCUT2D eigenvalue weighted by atomic mass is 127. The Morgan fingerprint density at radius 3 is 2.62 bits per heavy atom. The Hall–Kier alpha value is -0.610. The standard InChI is InChI=1S/C18H36N4O3.HI/c1-3-5-10-24-12-13-25-11-8-21-18(20-4-2)22-9-6-7-16(15-22)14-17(19)23;/h16H,3-15H2,1-2H3,(H2,19,23)(H,20,21);1H. The number of nitrogens with two attached hydrogens (primary N) is 1. The molecule has 1 saturated heterocycles. The lowest BCUT2D eigenvalue weighted by atomic mass is 9.95. The number of carbonyl (C=O) groups is 1. The van der Waals surface area contributed by atoms with Crippen molar-refractivity contribution in [3.8, 4) is 0 Å². The minimum absolute atomic E-state index is 0. The number of amides is 1. The van der Waals surface area contributed by atoms with E-state index < -0.39 is 0 Å². The molecule has 0 radical (unpaired) electrons. The van der Waals surface area contributed by atoms with Crippen molar-refractivity contribution in [3.05, 3.63) is 0 Å². The molecular weight excluding hydrogens is 447 g/mol. The van der Waals surface area contributed by atoms with Crippen LogP contribution in [0.1, 0.15) is 46.0 Å². The van der Waals surface area contributed by atoms with Gasteiger partial charge in [0.15, 0.2) is 5.96 Å². The Labute approximate surface area is 175 Å². The highest BCUT2D eigenvalue weighted by molar-refractivity contribution is 14.0. The van der Waals surface area contributed by atoms with Gasteiger partial charge in [0, 0.05) is 32.7 Å². The Balaban J connectivity index is 0.00000625. The van der Waals surface area contributed by atoms with Crippen molar-refractivity contribution < 1.29 is 14.3 Å². The molecule has 0 aromatic heterocycles. The normalized spacial score (nSPS) is 17.7. The first-order chi connectivity index (χ1) is 12.2. The number of nitrogens with zero attached hydrogens (tertiary/aromatic N) is 2. The minimum atomic E-state index is -0.219. The molecule has 1 rings (SSSR count). The van der Waals surface area contributed by atoms with E-state index >= 15 is 0 Å². The molecule has 1 unspecified atom stereocenters. The predicted molar refractivity (Wildman–Crippen MR) is 116 cm³/mol. The van der Waals surface area contributed by atoms with E-state index in [1.807, 2.05) is 0 Å². The van der Waals surface area contributed by atoms with E-state index in [0.717, 1.165) is 57.9 Å². The average molecular weight is 484 g/mol. The van der Waals surface area contributed by atoms with Crippen molar-refractivity contribution >= 4 is 35.8 Å². The van der Waals surface area contributed by atoms with E-state index in [1.165, 1.54) is 0 Å². The van der Waals surface area contributed by atoms with Crippen molar-refractivity contribution in [1.29, 1.82) is 0 Å². The zero-order valence-corrected chi connectivity index (χ0v) is 18.7. The summed E-state index contributed by atoms with van der Waals surface area (Å²) >= 11 is 0. The van der Waals surface area contributed by atoms with Crippen LogP contribution < -0.4 is 11.1 Å². The Bertz CT molecular complexity index is 397. The number of carbonyl (C=O) groups excluding carboxylic acids is 1. The first kappa shape index (κ1) is 25.4. The summed E-state index contributed by atoms with van der Waals surface area (Å²) in [5.41, 5.74) is 5.34. The van der Waals surface area contributed by atoms with Gasteiger partial charge in [-0.1, -0.05) is 13.3 Å². The van der Waals surface area contributed by atoms with Crippen LogP contribution in [0.3, 0.4) is 0 Å². The van der Waals surface area contributed by atoms with E-state index in [-0.39, 0.29) is 29.9 Å². The lowest BCUT2D eigenvalue weighted by Gasteiger charge is -2.34. The Morgan fingerprint density at radius 1 is 1.23 bits per heavy atom. The van der Waals surface area contributed by atoms with Gasteiger partial charge in [0.2, 0.25) is 5.91 Å². The minimum Gasteiger partial charge on any atom is -0.379 e. The summed E-state index contributed by atoms with van der Waals surface area (Å²) in [6.45, 7) is 10.1. The third-order valence-electron chi connectivity index (χ3n) is 4.15. The molecule has 0 spiro atoms. The van der Waals surface area contributed by atoms with Crippen LogP contribution in [0.25, 0.3) is 0 Å². The first-order valence-electron chi connectivity index (χ1n) is 9.64. The maximum absolute atomic E-state index is 11.2. The summed E-state index contributed by atoms with van der Waals surface area (Å²) in [6.07, 6.45) is 4.83. The SMILES string of the molecule is CCCCOCCOCCN=C(NCC)N1CCCC(CC(N)=O)C1.I. The highest BCUT2D eigenvalue weighted by Gasteiger charge is 2.23. The van der Waals surface area contributed by atoms with Crippen LogP contribution >= 0.6 is 24.0 Å². The van der Waals surface area contributed by atoms with Gasteiger partial charge in [0.1, 0.15) is 0 Å². The number of aliphatic imine (C=N–C) groups is 1. The van der Waals surface area contributed by atoms with Crippen molar-refractivity contribution in [2.75, 3.05) is 52.6 Å². The van der Waals surface area contributed by atoms with Gasteiger partial charge in [-0.3, -0.25) is 9.79 Å². The summed E-state index contributed by atoms with van der Waals surface area (Å²) in [5.74, 6) is 1.01. The number of rotatable bonds is 12. The van der Waals surface area contributed by atoms with Gasteiger partial charge in [-0.05, 0) is 32.1 Å². The molecule has 26 heavy (non-hydrogen) atoms. The van der Waals surface area contributed by atoms with E-state index in [2.05, 4.69) is 29.1 Å². The summed E-state index contributed by atoms with van der Waals surface area (Å²) in [6, 6.07) is 0. The molecule has 1 atom stereocenters. The molecule has 3 N–H and O–H groups in total. The van der Waals surface area contributed by atoms with Crippen molar-refractivity contribution in [3.63, 3.8) is 0 Å². The second kappa shape index (κ2) is 16.6. The lowest BCUT2D eigenvalue weighted by Crippen LogP contribution is -2.47. The van der Waals surface area contributed by atoms with Gasteiger partial charge in [0.05, 0.1) is 26.4 Å². The van der Waals surface area contributed by atoms with Gasteiger partial charge in [0.25, 0.3) is 0 Å². The third-order valence-corrected chi connectivity index (χ3v) is 4.15. The van der Waals surface area contributed by atoms with E-state index in [9.17, 15) is 4.79 Å². The van der Waals surface area contributed by atoms with Crippen LogP contribution in [0, 0.1) is 5.92 Å². The second-order valence-electron chi connectivity index (χ2n) is 6.44. The first-order valence-corrected chi connectivity index (χ1v) is 9.64. The second-order valence-corrected chi connectivity index (χ2v) is 6.44. The molecule has 8 heteroatoms. The Morgan fingerprint density at radius 2 is 1.96 bits per heavy atom. The van der Waals surface area contributed by atoms with Gasteiger partial charge < -0.3 is 25.4 Å². The topological polar surface area (TPSA) is 89.2 Å². The quantitative estimate of drug-likeness (QED) is 0.192. The Kier molecular flexibility index (Phi) is 16.2. The average Bonchev–Trinajstić information content (AvgIpc) is 2.59. The number of nitrogens with one attached hydrogen (secondary N) is 1. The molecule has 0 aliphatic carbocycles. The van der Waals surface area contributed by atoms with Crippen LogP contribution in [-0.4, -0.2) is 69.4 Å². The summed E-state index contributed by atoms with van der Waals surface area (Å²) < 4.78 is 11.0. The number of piperidine rings is 1. The van der Waals surface area contributed by atoms with E-state index in [1.54, 1.807) is 0 Å². The van der Waals surface area contributed by atoms with Gasteiger partial charge >= 0.3 is 0 Å². The van der Waals surface area contributed by atoms with Gasteiger partial charge in [-0.2, -0.15) is 0 Å². The smallest absolute Gasteiger partial charge is 0.217 e.